The van der Waals surface area contributed by atoms with Crippen molar-refractivity contribution in [3.05, 3.63) is 105 Å². The van der Waals surface area contributed by atoms with Gasteiger partial charge < -0.3 is 0 Å². The van der Waals surface area contributed by atoms with Crippen LogP contribution in [0.4, 0.5) is 13.2 Å². The number of nitriles is 1. The van der Waals surface area contributed by atoms with Gasteiger partial charge in [0.25, 0.3) is 0 Å². The molecule has 1 nitrogen and oxygen atoms in total. The summed E-state index contributed by atoms with van der Waals surface area (Å²) in [5.74, 6) is -0.261. The minimum absolute atomic E-state index is 0.0917. The number of benzene rings is 3. The van der Waals surface area contributed by atoms with Crippen LogP contribution >= 0.6 is 0 Å². The maximum Gasteiger partial charge on any atom is 0.133 e. The van der Waals surface area contributed by atoms with Gasteiger partial charge in [-0.1, -0.05) is 37.6 Å². The Labute approximate surface area is 231 Å². The molecule has 0 aliphatic heterocycles. The molecular formula is C35H38F3N. The van der Waals surface area contributed by atoms with E-state index in [1.165, 1.54) is 5.56 Å². The molecule has 0 N–H and O–H groups in total. The van der Waals surface area contributed by atoms with Gasteiger partial charge in [-0.25, -0.2) is 13.2 Å². The van der Waals surface area contributed by atoms with E-state index >= 15 is 8.78 Å². The van der Waals surface area contributed by atoms with Gasteiger partial charge in [0.2, 0.25) is 0 Å². The SMILES string of the molecule is CCCCc1ccc(CCC2CCc3c(cc(F)c(C4CCC(c5ccc(C#N)cc5)CC4)c3F)C2)c(F)c1. The van der Waals surface area contributed by atoms with Crippen LogP contribution in [0.15, 0.2) is 48.5 Å². The third-order valence-electron chi connectivity index (χ3n) is 9.16. The number of nitrogens with zero attached hydrogens (tertiary/aromatic N) is 1. The first-order valence-corrected chi connectivity index (χ1v) is 14.7. The summed E-state index contributed by atoms with van der Waals surface area (Å²) in [5.41, 5.74) is 5.43. The van der Waals surface area contributed by atoms with Crippen LogP contribution in [0, 0.1) is 34.7 Å². The molecule has 0 spiro atoms. The van der Waals surface area contributed by atoms with Crippen molar-refractivity contribution in [3.8, 4) is 6.07 Å². The number of halogens is 3. The lowest BCUT2D eigenvalue weighted by atomic mass is 9.74. The normalized spacial score (nSPS) is 20.8. The monoisotopic (exact) mass is 529 g/mol. The molecular weight excluding hydrogens is 491 g/mol. The minimum atomic E-state index is -0.401. The van der Waals surface area contributed by atoms with E-state index < -0.39 is 5.82 Å². The van der Waals surface area contributed by atoms with Crippen LogP contribution in [0.25, 0.3) is 0 Å². The van der Waals surface area contributed by atoms with E-state index in [1.54, 1.807) is 12.1 Å². The van der Waals surface area contributed by atoms with Crippen LogP contribution in [0.2, 0.25) is 0 Å². The highest BCUT2D eigenvalue weighted by molar-refractivity contribution is 5.40. The molecule has 0 aromatic heterocycles. The van der Waals surface area contributed by atoms with E-state index in [0.29, 0.717) is 42.2 Å². The van der Waals surface area contributed by atoms with E-state index in [2.05, 4.69) is 13.0 Å². The summed E-state index contributed by atoms with van der Waals surface area (Å²) in [4.78, 5) is 0. The minimum Gasteiger partial charge on any atom is -0.207 e. The predicted molar refractivity (Wildman–Crippen MR) is 150 cm³/mol. The number of hydrogen-bond acceptors (Lipinski definition) is 1. The standard InChI is InChI=1S/C35H38F3N/c1-2-3-4-23-5-12-28(32(36)20-23)13-6-24-9-18-31-30(19-24)21-33(37)34(35(31)38)29-16-14-27(15-17-29)26-10-7-25(22-39)8-11-26/h5,7-8,10-12,20-21,24,27,29H,2-4,6,9,13-19H2,1H3. The quantitative estimate of drug-likeness (QED) is 0.285. The highest BCUT2D eigenvalue weighted by Gasteiger charge is 2.31. The van der Waals surface area contributed by atoms with Crippen LogP contribution < -0.4 is 0 Å². The molecule has 2 aliphatic rings. The Morgan fingerprint density at radius 2 is 1.59 bits per heavy atom. The van der Waals surface area contributed by atoms with Crippen molar-refractivity contribution in [3.63, 3.8) is 0 Å². The van der Waals surface area contributed by atoms with Gasteiger partial charge in [-0.2, -0.15) is 5.26 Å². The second kappa shape index (κ2) is 12.4. The van der Waals surface area contributed by atoms with Crippen molar-refractivity contribution in [2.75, 3.05) is 0 Å². The second-order valence-corrected chi connectivity index (χ2v) is 11.7. The highest BCUT2D eigenvalue weighted by atomic mass is 19.1. The average Bonchev–Trinajstić information content (AvgIpc) is 2.96. The predicted octanol–water partition coefficient (Wildman–Crippen LogP) is 9.50. The van der Waals surface area contributed by atoms with E-state index in [4.69, 9.17) is 5.26 Å². The lowest BCUT2D eigenvalue weighted by Crippen LogP contribution is -2.20. The summed E-state index contributed by atoms with van der Waals surface area (Å²) in [6, 6.07) is 17.1. The fraction of sp³-hybridized carbons (Fsp3) is 0.457. The van der Waals surface area contributed by atoms with Crippen molar-refractivity contribution < 1.29 is 13.2 Å². The molecule has 1 saturated carbocycles. The maximum atomic E-state index is 15.7. The van der Waals surface area contributed by atoms with Gasteiger partial charge in [0, 0.05) is 5.56 Å². The molecule has 0 radical (unpaired) electrons. The lowest BCUT2D eigenvalue weighted by molar-refractivity contribution is 0.369. The van der Waals surface area contributed by atoms with Crippen LogP contribution in [-0.2, 0) is 25.7 Å². The van der Waals surface area contributed by atoms with Crippen LogP contribution in [-0.4, -0.2) is 0 Å². The van der Waals surface area contributed by atoms with E-state index in [-0.39, 0.29) is 23.1 Å². The van der Waals surface area contributed by atoms with Crippen molar-refractivity contribution in [2.24, 2.45) is 5.92 Å². The second-order valence-electron chi connectivity index (χ2n) is 11.7. The number of hydrogen-bond donors (Lipinski definition) is 0. The first kappa shape index (κ1) is 27.5. The summed E-state index contributed by atoms with van der Waals surface area (Å²) in [6.45, 7) is 2.14. The van der Waals surface area contributed by atoms with Crippen molar-refractivity contribution >= 4 is 0 Å². The average molecular weight is 530 g/mol. The topological polar surface area (TPSA) is 23.8 Å². The number of aryl methyl sites for hydroxylation is 2. The Morgan fingerprint density at radius 3 is 2.28 bits per heavy atom. The van der Waals surface area contributed by atoms with Crippen molar-refractivity contribution in [2.45, 2.75) is 95.8 Å². The summed E-state index contributed by atoms with van der Waals surface area (Å²) in [5, 5.41) is 9.03. The molecule has 4 heteroatoms. The fourth-order valence-electron chi connectivity index (χ4n) is 6.80. The van der Waals surface area contributed by atoms with Crippen molar-refractivity contribution in [1.82, 2.24) is 0 Å². The molecule has 0 bridgehead atoms. The molecule has 204 valence electrons. The van der Waals surface area contributed by atoms with Crippen LogP contribution in [0.1, 0.15) is 109 Å². The zero-order valence-corrected chi connectivity index (χ0v) is 22.9. The number of unbranched alkanes of at least 4 members (excludes halogenated alkanes) is 1. The van der Waals surface area contributed by atoms with E-state index in [0.717, 1.165) is 74.5 Å². The summed E-state index contributed by atoms with van der Waals surface area (Å²) in [6.07, 6.45) is 10.0. The zero-order chi connectivity index (χ0) is 27.4. The summed E-state index contributed by atoms with van der Waals surface area (Å²) < 4.78 is 45.7. The maximum absolute atomic E-state index is 15.7. The fourth-order valence-corrected chi connectivity index (χ4v) is 6.80. The molecule has 3 aromatic carbocycles. The Hall–Kier alpha value is -3.06. The first-order valence-electron chi connectivity index (χ1n) is 14.7. The summed E-state index contributed by atoms with van der Waals surface area (Å²) >= 11 is 0. The molecule has 1 unspecified atom stereocenters. The van der Waals surface area contributed by atoms with Gasteiger partial charge in [-0.3, -0.25) is 0 Å². The molecule has 0 amide bonds. The van der Waals surface area contributed by atoms with E-state index in [9.17, 15) is 4.39 Å². The van der Waals surface area contributed by atoms with Crippen molar-refractivity contribution in [1.29, 1.82) is 5.26 Å². The zero-order valence-electron chi connectivity index (χ0n) is 22.9. The third-order valence-corrected chi connectivity index (χ3v) is 9.16. The Balaban J connectivity index is 1.21. The van der Waals surface area contributed by atoms with Gasteiger partial charge in [-0.05, 0) is 140 Å². The molecule has 0 heterocycles. The van der Waals surface area contributed by atoms with Gasteiger partial charge in [0.05, 0.1) is 11.6 Å². The Morgan fingerprint density at radius 1 is 0.846 bits per heavy atom. The first-order chi connectivity index (χ1) is 19.0. The van der Waals surface area contributed by atoms with Gasteiger partial charge in [0.1, 0.15) is 17.5 Å². The van der Waals surface area contributed by atoms with E-state index in [1.807, 2.05) is 36.4 Å². The number of fused-ring (bicyclic) bond motifs is 1. The number of rotatable bonds is 8. The molecule has 2 aliphatic carbocycles. The Kier molecular flexibility index (Phi) is 8.75. The third kappa shape index (κ3) is 6.24. The largest absolute Gasteiger partial charge is 0.207 e. The molecule has 39 heavy (non-hydrogen) atoms. The highest BCUT2D eigenvalue weighted by Crippen LogP contribution is 2.44. The van der Waals surface area contributed by atoms with Gasteiger partial charge >= 0.3 is 0 Å². The summed E-state index contributed by atoms with van der Waals surface area (Å²) in [7, 11) is 0. The molecule has 3 aromatic rings. The van der Waals surface area contributed by atoms with Crippen LogP contribution in [0.5, 0.6) is 0 Å². The molecule has 1 fully saturated rings. The molecule has 5 rings (SSSR count). The molecule has 0 saturated heterocycles. The van der Waals surface area contributed by atoms with Crippen LogP contribution in [0.3, 0.4) is 0 Å². The van der Waals surface area contributed by atoms with Gasteiger partial charge in [0.15, 0.2) is 0 Å². The molecule has 1 atom stereocenters. The smallest absolute Gasteiger partial charge is 0.133 e. The van der Waals surface area contributed by atoms with Gasteiger partial charge in [-0.15, -0.1) is 0 Å². The lowest BCUT2D eigenvalue weighted by Gasteiger charge is -2.31. The Bertz CT molecular complexity index is 1330.